The number of anilines is 1. The van der Waals surface area contributed by atoms with E-state index in [2.05, 4.69) is 0 Å². The highest BCUT2D eigenvalue weighted by Gasteiger charge is 2.12. The fourth-order valence-corrected chi connectivity index (χ4v) is 1.80. The molecule has 102 valence electrons. The molecule has 0 aliphatic heterocycles. The van der Waals surface area contributed by atoms with Gasteiger partial charge in [-0.05, 0) is 26.0 Å². The zero-order valence-corrected chi connectivity index (χ0v) is 10.9. The van der Waals surface area contributed by atoms with Crippen molar-refractivity contribution in [2.75, 3.05) is 18.0 Å². The minimum atomic E-state index is -1.09. The van der Waals surface area contributed by atoms with E-state index in [4.69, 9.17) is 5.11 Å². The van der Waals surface area contributed by atoms with Gasteiger partial charge in [-0.2, -0.15) is 0 Å². The molecule has 0 atom stereocenters. The number of aliphatic carboxylic acids is 1. The summed E-state index contributed by atoms with van der Waals surface area (Å²) in [4.78, 5) is 22.8. The Labute approximate surface area is 111 Å². The van der Waals surface area contributed by atoms with Gasteiger partial charge in [0.1, 0.15) is 0 Å². The van der Waals surface area contributed by atoms with Crippen molar-refractivity contribution < 1.29 is 14.8 Å². The Morgan fingerprint density at radius 3 is 2.53 bits per heavy atom. The van der Waals surface area contributed by atoms with Crippen LogP contribution in [0.25, 0.3) is 6.08 Å². The monoisotopic (exact) mass is 264 g/mol. The normalized spacial score (nSPS) is 10.6. The molecule has 0 fully saturated rings. The molecule has 0 aliphatic carbocycles. The van der Waals surface area contributed by atoms with Crippen LogP contribution in [0.2, 0.25) is 0 Å². The van der Waals surface area contributed by atoms with Crippen molar-refractivity contribution in [3.05, 3.63) is 40.0 Å². The molecular formula is C13H16N2O4. The number of nitrogens with zero attached hydrogens (tertiary/aromatic N) is 2. The van der Waals surface area contributed by atoms with Crippen LogP contribution in [0.4, 0.5) is 11.4 Å². The van der Waals surface area contributed by atoms with Gasteiger partial charge in [-0.15, -0.1) is 0 Å². The summed E-state index contributed by atoms with van der Waals surface area (Å²) in [6.07, 6.45) is 2.36. The Morgan fingerprint density at radius 1 is 1.42 bits per heavy atom. The fraction of sp³-hybridized carbons (Fsp3) is 0.308. The first-order valence-electron chi connectivity index (χ1n) is 5.94. The largest absolute Gasteiger partial charge is 0.478 e. The number of nitro groups is 1. The topological polar surface area (TPSA) is 83.7 Å². The SMILES string of the molecule is CCN(CC)c1ccc([N+](=O)[O-])cc1/C=C/C(=O)O. The van der Waals surface area contributed by atoms with E-state index in [0.717, 1.165) is 24.9 Å². The molecule has 0 aliphatic rings. The third kappa shape index (κ3) is 3.80. The predicted molar refractivity (Wildman–Crippen MR) is 73.3 cm³/mol. The van der Waals surface area contributed by atoms with E-state index in [0.29, 0.717) is 5.56 Å². The van der Waals surface area contributed by atoms with Crippen LogP contribution in [0, 0.1) is 10.1 Å². The molecule has 1 rings (SSSR count). The molecule has 1 N–H and O–H groups in total. The lowest BCUT2D eigenvalue weighted by atomic mass is 10.1. The Balaban J connectivity index is 3.29. The quantitative estimate of drug-likeness (QED) is 0.485. The lowest BCUT2D eigenvalue weighted by molar-refractivity contribution is -0.384. The molecule has 0 saturated heterocycles. The number of benzene rings is 1. The van der Waals surface area contributed by atoms with Crippen molar-refractivity contribution in [2.24, 2.45) is 0 Å². The first-order valence-corrected chi connectivity index (χ1v) is 5.94. The average Bonchev–Trinajstić information content (AvgIpc) is 2.38. The molecule has 0 heterocycles. The van der Waals surface area contributed by atoms with Crippen molar-refractivity contribution in [1.29, 1.82) is 0 Å². The van der Waals surface area contributed by atoms with Gasteiger partial charge in [0.25, 0.3) is 5.69 Å². The van der Waals surface area contributed by atoms with Crippen LogP contribution in [0.3, 0.4) is 0 Å². The van der Waals surface area contributed by atoms with Crippen LogP contribution in [0.1, 0.15) is 19.4 Å². The van der Waals surface area contributed by atoms with Gasteiger partial charge in [0.05, 0.1) is 4.92 Å². The van der Waals surface area contributed by atoms with Gasteiger partial charge in [-0.1, -0.05) is 0 Å². The Kier molecular flexibility index (Phi) is 5.05. The molecule has 1 aromatic carbocycles. The molecule has 1 aromatic rings. The number of rotatable bonds is 6. The average molecular weight is 264 g/mol. The highest BCUT2D eigenvalue weighted by atomic mass is 16.6. The molecular weight excluding hydrogens is 248 g/mol. The number of hydrogen-bond donors (Lipinski definition) is 1. The van der Waals surface area contributed by atoms with E-state index in [1.165, 1.54) is 18.2 Å². The highest BCUT2D eigenvalue weighted by Crippen LogP contribution is 2.26. The van der Waals surface area contributed by atoms with Gasteiger partial charge < -0.3 is 10.0 Å². The Morgan fingerprint density at radius 2 is 2.05 bits per heavy atom. The maximum Gasteiger partial charge on any atom is 0.328 e. The van der Waals surface area contributed by atoms with Crippen molar-refractivity contribution >= 4 is 23.4 Å². The van der Waals surface area contributed by atoms with Gasteiger partial charge >= 0.3 is 5.97 Å². The van der Waals surface area contributed by atoms with Gasteiger partial charge in [0.15, 0.2) is 0 Å². The molecule has 0 bridgehead atoms. The summed E-state index contributed by atoms with van der Waals surface area (Å²) in [6.45, 7) is 5.41. The maximum atomic E-state index is 10.8. The molecule has 6 heteroatoms. The summed E-state index contributed by atoms with van der Waals surface area (Å²) < 4.78 is 0. The molecule has 0 saturated carbocycles. The standard InChI is InChI=1S/C13H16N2O4/c1-3-14(4-2)12-7-6-11(15(18)19)9-10(12)5-8-13(16)17/h5-9H,3-4H2,1-2H3,(H,16,17)/b8-5+. The predicted octanol–water partition coefficient (Wildman–Crippen LogP) is 2.54. The first kappa shape index (κ1) is 14.7. The second kappa shape index (κ2) is 6.53. The molecule has 0 spiro atoms. The fourth-order valence-electron chi connectivity index (χ4n) is 1.80. The van der Waals surface area contributed by atoms with E-state index >= 15 is 0 Å². The molecule has 0 unspecified atom stereocenters. The van der Waals surface area contributed by atoms with Crippen molar-refractivity contribution in [1.82, 2.24) is 0 Å². The van der Waals surface area contributed by atoms with Crippen LogP contribution >= 0.6 is 0 Å². The van der Waals surface area contributed by atoms with Crippen LogP contribution < -0.4 is 4.90 Å². The van der Waals surface area contributed by atoms with Gasteiger partial charge in [0.2, 0.25) is 0 Å². The molecule has 6 nitrogen and oxygen atoms in total. The summed E-state index contributed by atoms with van der Waals surface area (Å²) >= 11 is 0. The summed E-state index contributed by atoms with van der Waals surface area (Å²) in [6, 6.07) is 4.45. The van der Waals surface area contributed by atoms with E-state index < -0.39 is 10.9 Å². The van der Waals surface area contributed by atoms with Gasteiger partial charge in [0, 0.05) is 42.5 Å². The highest BCUT2D eigenvalue weighted by molar-refractivity contribution is 5.87. The van der Waals surface area contributed by atoms with E-state index in [1.54, 1.807) is 6.07 Å². The van der Waals surface area contributed by atoms with Crippen LogP contribution in [0.5, 0.6) is 0 Å². The third-order valence-electron chi connectivity index (χ3n) is 2.73. The second-order valence-corrected chi connectivity index (χ2v) is 3.84. The lowest BCUT2D eigenvalue weighted by Gasteiger charge is -2.23. The van der Waals surface area contributed by atoms with E-state index in [9.17, 15) is 14.9 Å². The third-order valence-corrected chi connectivity index (χ3v) is 2.73. The van der Waals surface area contributed by atoms with Gasteiger partial charge in [-0.25, -0.2) is 4.79 Å². The second-order valence-electron chi connectivity index (χ2n) is 3.84. The number of carboxylic acids is 1. The van der Waals surface area contributed by atoms with Crippen molar-refractivity contribution in [3.8, 4) is 0 Å². The zero-order valence-electron chi connectivity index (χ0n) is 10.9. The van der Waals surface area contributed by atoms with E-state index in [-0.39, 0.29) is 5.69 Å². The Hall–Kier alpha value is -2.37. The molecule has 0 radical (unpaired) electrons. The Bertz CT molecular complexity index is 507. The minimum Gasteiger partial charge on any atom is -0.478 e. The smallest absolute Gasteiger partial charge is 0.328 e. The number of hydrogen-bond acceptors (Lipinski definition) is 4. The summed E-state index contributed by atoms with van der Waals surface area (Å²) in [5.74, 6) is -1.09. The molecule has 0 amide bonds. The summed E-state index contributed by atoms with van der Waals surface area (Å²) in [7, 11) is 0. The molecule has 19 heavy (non-hydrogen) atoms. The summed E-state index contributed by atoms with van der Waals surface area (Å²) in [5.41, 5.74) is 1.26. The summed E-state index contributed by atoms with van der Waals surface area (Å²) in [5, 5.41) is 19.4. The number of non-ortho nitro benzene ring substituents is 1. The van der Waals surface area contributed by atoms with Crippen LogP contribution in [-0.4, -0.2) is 29.1 Å². The lowest BCUT2D eigenvalue weighted by Crippen LogP contribution is -2.22. The zero-order chi connectivity index (χ0) is 14.4. The molecule has 0 aromatic heterocycles. The number of carboxylic acid groups (broad SMARTS) is 1. The van der Waals surface area contributed by atoms with Crippen molar-refractivity contribution in [2.45, 2.75) is 13.8 Å². The van der Waals surface area contributed by atoms with Crippen LogP contribution in [0.15, 0.2) is 24.3 Å². The first-order chi connectivity index (χ1) is 8.99. The minimum absolute atomic E-state index is 0.0547. The van der Waals surface area contributed by atoms with Crippen molar-refractivity contribution in [3.63, 3.8) is 0 Å². The van der Waals surface area contributed by atoms with Crippen LogP contribution in [-0.2, 0) is 4.79 Å². The number of carbonyl (C=O) groups is 1. The van der Waals surface area contributed by atoms with E-state index in [1.807, 2.05) is 18.7 Å². The maximum absolute atomic E-state index is 10.8. The van der Waals surface area contributed by atoms with Gasteiger partial charge in [-0.3, -0.25) is 10.1 Å². The number of nitro benzene ring substituents is 1.